The van der Waals surface area contributed by atoms with E-state index in [1.165, 1.54) is 12.1 Å². The molecule has 0 spiro atoms. The minimum Gasteiger partial charge on any atom is -0.367 e. The fraction of sp³-hybridized carbons (Fsp3) is 0.263. The summed E-state index contributed by atoms with van der Waals surface area (Å²) in [7, 11) is 0. The van der Waals surface area contributed by atoms with Gasteiger partial charge in [-0.1, -0.05) is 0 Å². The monoisotopic (exact) mass is 399 g/mol. The van der Waals surface area contributed by atoms with Crippen molar-refractivity contribution >= 4 is 11.5 Å². The van der Waals surface area contributed by atoms with Crippen molar-refractivity contribution in [3.05, 3.63) is 59.9 Å². The first kappa shape index (κ1) is 18.7. The number of hydrogen-bond acceptors (Lipinski definition) is 6. The number of nitrogens with zero attached hydrogens (tertiary/aromatic N) is 7. The van der Waals surface area contributed by atoms with Crippen molar-refractivity contribution in [2.45, 2.75) is 6.18 Å². The van der Waals surface area contributed by atoms with Crippen molar-refractivity contribution in [3.63, 3.8) is 0 Å². The van der Waals surface area contributed by atoms with Crippen molar-refractivity contribution in [3.8, 4) is 11.9 Å². The molecule has 4 rings (SSSR count). The second-order valence-corrected chi connectivity index (χ2v) is 6.52. The summed E-state index contributed by atoms with van der Waals surface area (Å²) in [5.74, 6) is 1.25. The standard InChI is InChI=1S/C19H16F3N7/c20-19(21,22)15-12-14(13-23)2-3-16(15)27-8-10-28(11-9-27)17-4-5-18(26-25-17)29-7-1-6-24-29/h1-7,12H,8-11H2. The van der Waals surface area contributed by atoms with Gasteiger partial charge in [0.25, 0.3) is 0 Å². The molecule has 0 atom stereocenters. The van der Waals surface area contributed by atoms with E-state index in [-0.39, 0.29) is 11.3 Å². The quantitative estimate of drug-likeness (QED) is 0.674. The summed E-state index contributed by atoms with van der Waals surface area (Å²) in [5.41, 5.74) is -0.697. The second-order valence-electron chi connectivity index (χ2n) is 6.52. The van der Waals surface area contributed by atoms with E-state index in [2.05, 4.69) is 15.3 Å². The number of halogens is 3. The van der Waals surface area contributed by atoms with E-state index < -0.39 is 11.7 Å². The summed E-state index contributed by atoms with van der Waals surface area (Å²) >= 11 is 0. The Morgan fingerprint density at radius 2 is 1.62 bits per heavy atom. The molecule has 0 aliphatic carbocycles. The molecule has 0 saturated carbocycles. The van der Waals surface area contributed by atoms with E-state index in [1.807, 2.05) is 11.0 Å². The zero-order chi connectivity index (χ0) is 20.4. The fourth-order valence-corrected chi connectivity index (χ4v) is 3.30. The lowest BCUT2D eigenvalue weighted by Crippen LogP contribution is -2.47. The Bertz CT molecular complexity index is 1020. The Hall–Kier alpha value is -3.61. The maximum atomic E-state index is 13.4. The molecule has 0 bridgehead atoms. The minimum absolute atomic E-state index is 0.00717. The largest absolute Gasteiger partial charge is 0.418 e. The van der Waals surface area contributed by atoms with Gasteiger partial charge < -0.3 is 9.80 Å². The average Bonchev–Trinajstić information content (AvgIpc) is 3.28. The van der Waals surface area contributed by atoms with Gasteiger partial charge in [0.05, 0.1) is 17.2 Å². The van der Waals surface area contributed by atoms with Crippen LogP contribution in [0.15, 0.2) is 48.8 Å². The minimum atomic E-state index is -4.52. The molecular weight excluding hydrogens is 383 g/mol. The number of hydrogen-bond donors (Lipinski definition) is 0. The molecule has 1 aliphatic heterocycles. The molecular formula is C19H16F3N7. The predicted octanol–water partition coefficient (Wildman–Crippen LogP) is 2.88. The molecule has 29 heavy (non-hydrogen) atoms. The van der Waals surface area contributed by atoms with E-state index in [0.717, 1.165) is 6.07 Å². The maximum Gasteiger partial charge on any atom is 0.418 e. The fourth-order valence-electron chi connectivity index (χ4n) is 3.30. The number of aromatic nitrogens is 4. The molecule has 2 aromatic heterocycles. The third-order valence-corrected chi connectivity index (χ3v) is 4.75. The maximum absolute atomic E-state index is 13.4. The summed E-state index contributed by atoms with van der Waals surface area (Å²) < 4.78 is 41.9. The summed E-state index contributed by atoms with van der Waals surface area (Å²) in [6, 6.07) is 10.9. The van der Waals surface area contributed by atoms with Gasteiger partial charge in [-0.05, 0) is 36.4 Å². The summed E-state index contributed by atoms with van der Waals surface area (Å²) in [6.07, 6.45) is -1.11. The van der Waals surface area contributed by atoms with Gasteiger partial charge in [-0.15, -0.1) is 10.2 Å². The van der Waals surface area contributed by atoms with Crippen LogP contribution >= 0.6 is 0 Å². The van der Waals surface area contributed by atoms with Crippen LogP contribution in [-0.2, 0) is 6.18 Å². The molecule has 0 amide bonds. The van der Waals surface area contributed by atoms with E-state index in [4.69, 9.17) is 5.26 Å². The van der Waals surface area contributed by atoms with Gasteiger partial charge in [0, 0.05) is 44.3 Å². The molecule has 0 radical (unpaired) electrons. The Morgan fingerprint density at radius 3 is 2.21 bits per heavy atom. The van der Waals surface area contributed by atoms with Crippen LogP contribution in [0.4, 0.5) is 24.7 Å². The summed E-state index contributed by atoms with van der Waals surface area (Å²) in [4.78, 5) is 3.67. The Kier molecular flexibility index (Phi) is 4.80. The van der Waals surface area contributed by atoms with Gasteiger partial charge in [0.2, 0.25) is 0 Å². The van der Waals surface area contributed by atoms with E-state index in [0.29, 0.717) is 37.8 Å². The summed E-state index contributed by atoms with van der Waals surface area (Å²) in [6.45, 7) is 1.81. The number of rotatable bonds is 3. The first-order valence-electron chi connectivity index (χ1n) is 8.91. The van der Waals surface area contributed by atoms with Crippen LogP contribution in [0.1, 0.15) is 11.1 Å². The lowest BCUT2D eigenvalue weighted by atomic mass is 10.1. The van der Waals surface area contributed by atoms with Gasteiger partial charge in [0.15, 0.2) is 11.6 Å². The zero-order valence-electron chi connectivity index (χ0n) is 15.2. The van der Waals surface area contributed by atoms with Gasteiger partial charge in [-0.3, -0.25) is 0 Å². The molecule has 1 aliphatic rings. The SMILES string of the molecule is N#Cc1ccc(N2CCN(c3ccc(-n4cccn4)nn3)CC2)c(C(F)(F)F)c1. The van der Waals surface area contributed by atoms with Crippen LogP contribution in [-0.4, -0.2) is 46.2 Å². The van der Waals surface area contributed by atoms with Crippen LogP contribution in [0, 0.1) is 11.3 Å². The highest BCUT2D eigenvalue weighted by Gasteiger charge is 2.36. The smallest absolute Gasteiger partial charge is 0.367 e. The number of alkyl halides is 3. The van der Waals surface area contributed by atoms with Crippen LogP contribution in [0.3, 0.4) is 0 Å². The van der Waals surface area contributed by atoms with Crippen molar-refractivity contribution in [2.24, 2.45) is 0 Å². The lowest BCUT2D eigenvalue weighted by molar-refractivity contribution is -0.137. The molecule has 10 heteroatoms. The first-order chi connectivity index (χ1) is 14.0. The predicted molar refractivity (Wildman–Crippen MR) is 99.7 cm³/mol. The van der Waals surface area contributed by atoms with Gasteiger partial charge in [-0.2, -0.15) is 23.5 Å². The molecule has 1 aromatic carbocycles. The van der Waals surface area contributed by atoms with Crippen molar-refractivity contribution < 1.29 is 13.2 Å². The number of piperazine rings is 1. The normalized spacial score (nSPS) is 14.7. The molecule has 0 N–H and O–H groups in total. The van der Waals surface area contributed by atoms with Gasteiger partial charge >= 0.3 is 6.18 Å². The number of anilines is 2. The van der Waals surface area contributed by atoms with Crippen molar-refractivity contribution in [2.75, 3.05) is 36.0 Å². The molecule has 148 valence electrons. The molecule has 0 unspecified atom stereocenters. The van der Waals surface area contributed by atoms with E-state index in [1.54, 1.807) is 40.2 Å². The van der Waals surface area contributed by atoms with Crippen molar-refractivity contribution in [1.82, 2.24) is 20.0 Å². The first-order valence-corrected chi connectivity index (χ1v) is 8.91. The molecule has 3 aromatic rings. The highest BCUT2D eigenvalue weighted by molar-refractivity contribution is 5.59. The van der Waals surface area contributed by atoms with Gasteiger partial charge in [-0.25, -0.2) is 4.68 Å². The second kappa shape index (κ2) is 7.43. The Labute approximate surface area is 164 Å². The Balaban J connectivity index is 1.48. The molecule has 7 nitrogen and oxygen atoms in total. The van der Waals surface area contributed by atoms with Crippen LogP contribution in [0.2, 0.25) is 0 Å². The zero-order valence-corrected chi connectivity index (χ0v) is 15.2. The molecule has 3 heterocycles. The van der Waals surface area contributed by atoms with Crippen LogP contribution in [0.25, 0.3) is 5.82 Å². The number of nitriles is 1. The lowest BCUT2D eigenvalue weighted by Gasteiger charge is -2.37. The summed E-state index contributed by atoms with van der Waals surface area (Å²) in [5, 5.41) is 21.4. The Morgan fingerprint density at radius 1 is 0.931 bits per heavy atom. The van der Waals surface area contributed by atoms with E-state index in [9.17, 15) is 13.2 Å². The molecule has 1 fully saturated rings. The third-order valence-electron chi connectivity index (χ3n) is 4.75. The third kappa shape index (κ3) is 3.85. The average molecular weight is 399 g/mol. The topological polar surface area (TPSA) is 73.9 Å². The van der Waals surface area contributed by atoms with Crippen LogP contribution < -0.4 is 9.80 Å². The van der Waals surface area contributed by atoms with Gasteiger partial charge in [0.1, 0.15) is 0 Å². The highest BCUT2D eigenvalue weighted by atomic mass is 19.4. The van der Waals surface area contributed by atoms with Crippen LogP contribution in [0.5, 0.6) is 0 Å². The molecule has 1 saturated heterocycles. The van der Waals surface area contributed by atoms with Crippen molar-refractivity contribution in [1.29, 1.82) is 5.26 Å². The highest BCUT2D eigenvalue weighted by Crippen LogP contribution is 2.37. The van der Waals surface area contributed by atoms with E-state index >= 15 is 0 Å². The number of benzene rings is 1.